The Morgan fingerprint density at radius 1 is 1.23 bits per heavy atom. The van der Waals surface area contributed by atoms with Crippen LogP contribution >= 0.6 is 0 Å². The van der Waals surface area contributed by atoms with E-state index in [9.17, 15) is 9.90 Å². The summed E-state index contributed by atoms with van der Waals surface area (Å²) in [4.78, 5) is 12.5. The molecule has 1 aromatic rings. The van der Waals surface area contributed by atoms with Crippen molar-refractivity contribution in [2.45, 2.75) is 112 Å². The van der Waals surface area contributed by atoms with Gasteiger partial charge in [-0.3, -0.25) is 0 Å². The maximum atomic E-state index is 12.5. The van der Waals surface area contributed by atoms with Gasteiger partial charge in [0.25, 0.3) is 0 Å². The van der Waals surface area contributed by atoms with E-state index in [1.807, 2.05) is 6.92 Å². The summed E-state index contributed by atoms with van der Waals surface area (Å²) in [5.41, 5.74) is 2.84. The Labute approximate surface area is 214 Å². The van der Waals surface area contributed by atoms with Crippen molar-refractivity contribution in [3.05, 3.63) is 50.6 Å². The highest BCUT2D eigenvalue weighted by atomic mass is 28.4. The number of aromatic hydroxyl groups is 1. The Bertz CT molecular complexity index is 1120. The van der Waals surface area contributed by atoms with Crippen molar-refractivity contribution in [1.29, 1.82) is 0 Å². The second kappa shape index (κ2) is 8.76. The molecule has 4 nitrogen and oxygen atoms in total. The van der Waals surface area contributed by atoms with Gasteiger partial charge in [0.15, 0.2) is 8.32 Å². The molecular weight excluding hydrogens is 452 g/mol. The molecule has 0 amide bonds. The van der Waals surface area contributed by atoms with Gasteiger partial charge >= 0.3 is 5.63 Å². The maximum absolute atomic E-state index is 12.5. The van der Waals surface area contributed by atoms with E-state index in [-0.39, 0.29) is 39.2 Å². The summed E-state index contributed by atoms with van der Waals surface area (Å²) >= 11 is 0. The Kier molecular flexibility index (Phi) is 7.00. The first-order valence-electron chi connectivity index (χ1n) is 13.2. The second-order valence-corrected chi connectivity index (χ2v) is 18.0. The highest BCUT2D eigenvalue weighted by molar-refractivity contribution is 6.74. The van der Waals surface area contributed by atoms with Crippen LogP contribution < -0.4 is 5.63 Å². The molecule has 2 aliphatic rings. The Balaban J connectivity index is 1.94. The highest BCUT2D eigenvalue weighted by Crippen LogP contribution is 2.78. The van der Waals surface area contributed by atoms with E-state index in [2.05, 4.69) is 87.6 Å². The molecule has 196 valence electrons. The average Bonchev–Trinajstić information content (AvgIpc) is 3.04. The summed E-state index contributed by atoms with van der Waals surface area (Å²) < 4.78 is 12.7. The summed E-state index contributed by atoms with van der Waals surface area (Å²) in [5.74, 6) is 1.59. The Hall–Kier alpha value is -1.59. The minimum Gasteiger partial charge on any atom is -0.507 e. The molecule has 0 aromatic carbocycles. The summed E-state index contributed by atoms with van der Waals surface area (Å²) in [5, 5.41) is 10.8. The van der Waals surface area contributed by atoms with Gasteiger partial charge in [-0.2, -0.15) is 0 Å². The van der Waals surface area contributed by atoms with Gasteiger partial charge in [-0.15, -0.1) is 0 Å². The summed E-state index contributed by atoms with van der Waals surface area (Å²) in [7, 11) is -1.86. The molecule has 0 radical (unpaired) electrons. The minimum atomic E-state index is -1.86. The molecule has 0 unspecified atom stereocenters. The van der Waals surface area contributed by atoms with Crippen molar-refractivity contribution in [1.82, 2.24) is 0 Å². The molecule has 35 heavy (non-hydrogen) atoms. The molecule has 3 rings (SSSR count). The first-order valence-corrected chi connectivity index (χ1v) is 16.1. The van der Waals surface area contributed by atoms with Gasteiger partial charge < -0.3 is 13.9 Å². The zero-order chi connectivity index (χ0) is 26.9. The monoisotopic (exact) mass is 500 g/mol. The lowest BCUT2D eigenvalue weighted by molar-refractivity contribution is 0.141. The molecule has 6 atom stereocenters. The van der Waals surface area contributed by atoms with Gasteiger partial charge in [-0.05, 0) is 64.1 Å². The molecule has 0 aliphatic heterocycles. The van der Waals surface area contributed by atoms with E-state index in [0.29, 0.717) is 23.2 Å². The van der Waals surface area contributed by atoms with E-state index in [1.165, 1.54) is 11.1 Å². The van der Waals surface area contributed by atoms with E-state index >= 15 is 0 Å². The van der Waals surface area contributed by atoms with Gasteiger partial charge in [-0.1, -0.05) is 71.8 Å². The first-order chi connectivity index (χ1) is 15.8. The zero-order valence-corrected chi connectivity index (χ0v) is 25.3. The van der Waals surface area contributed by atoms with E-state index in [0.717, 1.165) is 6.42 Å². The predicted molar refractivity (Wildman–Crippen MR) is 148 cm³/mol. The number of fused-ring (bicyclic) bond motifs is 1. The average molecular weight is 501 g/mol. The molecule has 5 heteroatoms. The largest absolute Gasteiger partial charge is 0.507 e. The lowest BCUT2D eigenvalue weighted by atomic mass is 9.81. The fraction of sp³-hybridized carbons (Fsp3) is 0.700. The zero-order valence-electron chi connectivity index (χ0n) is 24.3. The Morgan fingerprint density at radius 3 is 2.31 bits per heavy atom. The fourth-order valence-corrected chi connectivity index (χ4v) is 8.08. The van der Waals surface area contributed by atoms with Crippen LogP contribution in [0.3, 0.4) is 0 Å². The summed E-state index contributed by atoms with van der Waals surface area (Å²) in [6.45, 7) is 28.5. The third-order valence-corrected chi connectivity index (χ3v) is 14.4. The van der Waals surface area contributed by atoms with Crippen LogP contribution in [0.25, 0.3) is 0 Å². The molecule has 2 aliphatic carbocycles. The van der Waals surface area contributed by atoms with Crippen LogP contribution in [0.2, 0.25) is 18.1 Å². The van der Waals surface area contributed by atoms with Crippen LogP contribution in [-0.2, 0) is 9.84 Å². The Morgan fingerprint density at radius 2 is 1.80 bits per heavy atom. The van der Waals surface area contributed by atoms with Crippen LogP contribution in [0.4, 0.5) is 0 Å². The smallest absolute Gasteiger partial charge is 0.342 e. The van der Waals surface area contributed by atoms with Crippen molar-refractivity contribution in [2.24, 2.45) is 23.2 Å². The standard InChI is InChI=1S/C30H48O4Si/c1-14-22(34-35(12,13)28(7,8)9)17(2)15-18(3)23-19(4)16-29(10)25(23)30(29,11)26-20(5)24(31)21(6)27(32)33-26/h15-17,22-23,25,31H,14H2,1-13H3/b18-15+/t17-,22-,23+,25-,29+,30-/m1/s1. The molecule has 1 aromatic heterocycles. The van der Waals surface area contributed by atoms with E-state index in [1.54, 1.807) is 6.92 Å². The van der Waals surface area contributed by atoms with Crippen LogP contribution in [-0.4, -0.2) is 19.5 Å². The van der Waals surface area contributed by atoms with Crippen molar-refractivity contribution >= 4 is 8.32 Å². The van der Waals surface area contributed by atoms with Crippen molar-refractivity contribution in [3.63, 3.8) is 0 Å². The van der Waals surface area contributed by atoms with Crippen molar-refractivity contribution in [3.8, 4) is 5.75 Å². The number of allylic oxidation sites excluding steroid dienone is 3. The van der Waals surface area contributed by atoms with Gasteiger partial charge in [0.2, 0.25) is 0 Å². The molecule has 1 N–H and O–H groups in total. The second-order valence-electron chi connectivity index (χ2n) is 13.2. The number of hydrogen-bond acceptors (Lipinski definition) is 4. The maximum Gasteiger partial charge on any atom is 0.342 e. The van der Waals surface area contributed by atoms with Crippen LogP contribution in [0.5, 0.6) is 5.75 Å². The van der Waals surface area contributed by atoms with Crippen LogP contribution in [0, 0.1) is 37.0 Å². The third-order valence-electron chi connectivity index (χ3n) is 9.94. The molecule has 0 saturated heterocycles. The van der Waals surface area contributed by atoms with Gasteiger partial charge in [-0.25, -0.2) is 4.79 Å². The van der Waals surface area contributed by atoms with Crippen molar-refractivity contribution in [2.75, 3.05) is 0 Å². The summed E-state index contributed by atoms with van der Waals surface area (Å²) in [6, 6.07) is 0. The predicted octanol–water partition coefficient (Wildman–Crippen LogP) is 7.81. The van der Waals surface area contributed by atoms with Gasteiger partial charge in [0.05, 0.1) is 11.7 Å². The summed E-state index contributed by atoms with van der Waals surface area (Å²) in [6.07, 6.45) is 5.99. The minimum absolute atomic E-state index is 0.0674. The third kappa shape index (κ3) is 4.21. The molecule has 0 bridgehead atoms. The lowest BCUT2D eigenvalue weighted by Crippen LogP contribution is -2.45. The van der Waals surface area contributed by atoms with Crippen molar-refractivity contribution < 1.29 is 13.9 Å². The highest BCUT2D eigenvalue weighted by Gasteiger charge is 2.77. The lowest BCUT2D eigenvalue weighted by Gasteiger charge is -2.40. The topological polar surface area (TPSA) is 59.7 Å². The van der Waals surface area contributed by atoms with E-state index < -0.39 is 13.9 Å². The quantitative estimate of drug-likeness (QED) is 0.306. The number of hydrogen-bond donors (Lipinski definition) is 1. The fourth-order valence-electron chi connectivity index (χ4n) is 6.59. The van der Waals surface area contributed by atoms with E-state index in [4.69, 9.17) is 8.84 Å². The normalized spacial score (nSPS) is 30.7. The first kappa shape index (κ1) is 28.0. The molecule has 1 saturated carbocycles. The number of rotatable bonds is 7. The van der Waals surface area contributed by atoms with Gasteiger partial charge in [0, 0.05) is 22.3 Å². The van der Waals surface area contributed by atoms with Crippen LogP contribution in [0.1, 0.15) is 85.6 Å². The SMILES string of the molecule is CC[C@@H](O[Si](C)(C)C(C)(C)C)[C@H](C)/C=C(\C)[C@H]1C(C)=C[C@@]2(C)[C@@H]1[C@]2(C)c1oc(=O)c(C)c(O)c1C. The van der Waals surface area contributed by atoms with Gasteiger partial charge in [0.1, 0.15) is 11.5 Å². The molecule has 1 fully saturated rings. The molecular formula is C30H48O4Si. The molecule has 0 spiro atoms. The van der Waals surface area contributed by atoms with Crippen LogP contribution in [0.15, 0.2) is 32.5 Å². The molecule has 1 heterocycles.